The first-order valence-corrected chi connectivity index (χ1v) is 13.3. The van der Waals surface area contributed by atoms with Gasteiger partial charge in [0.15, 0.2) is 17.1 Å². The van der Waals surface area contributed by atoms with Crippen LogP contribution < -0.4 is 15.8 Å². The van der Waals surface area contributed by atoms with Crippen LogP contribution in [0.5, 0.6) is 0 Å². The van der Waals surface area contributed by atoms with Crippen molar-refractivity contribution < 1.29 is 0 Å². The minimum Gasteiger partial charge on any atom is -0.369 e. The van der Waals surface area contributed by atoms with Gasteiger partial charge in [-0.05, 0) is 49.9 Å². The van der Waals surface area contributed by atoms with Crippen LogP contribution in [0, 0.1) is 0 Å². The Hall–Kier alpha value is -4.51. The van der Waals surface area contributed by atoms with Gasteiger partial charge in [0.25, 0.3) is 5.56 Å². The van der Waals surface area contributed by atoms with Crippen molar-refractivity contribution in [3.8, 4) is 5.82 Å². The molecule has 0 saturated carbocycles. The van der Waals surface area contributed by atoms with Crippen LogP contribution in [0.4, 0.5) is 17.3 Å². The van der Waals surface area contributed by atoms with Crippen molar-refractivity contribution in [1.29, 1.82) is 0 Å². The summed E-state index contributed by atoms with van der Waals surface area (Å²) in [6, 6.07) is 12.1. The molecule has 1 N–H and O–H groups in total. The Kier molecular flexibility index (Phi) is 6.57. The van der Waals surface area contributed by atoms with Crippen LogP contribution in [0.3, 0.4) is 0 Å². The second-order valence-electron chi connectivity index (χ2n) is 9.83. The number of hydrogen-bond donors (Lipinski definition) is 1. The van der Waals surface area contributed by atoms with E-state index < -0.39 is 0 Å². The van der Waals surface area contributed by atoms with Gasteiger partial charge in [0.1, 0.15) is 5.39 Å². The van der Waals surface area contributed by atoms with E-state index in [2.05, 4.69) is 57.9 Å². The molecule has 0 radical (unpaired) electrons. The van der Waals surface area contributed by atoms with Crippen LogP contribution in [0.25, 0.3) is 27.9 Å². The van der Waals surface area contributed by atoms with Crippen LogP contribution in [-0.2, 0) is 13.1 Å². The van der Waals surface area contributed by atoms with Crippen LogP contribution in [0.15, 0.2) is 66.2 Å². The number of hydrogen-bond acceptors (Lipinski definition) is 8. The molecule has 0 atom stereocenters. The molecule has 39 heavy (non-hydrogen) atoms. The lowest BCUT2D eigenvalue weighted by Gasteiger charge is -2.34. The Morgan fingerprint density at radius 3 is 2.54 bits per heavy atom. The molecule has 5 aromatic rings. The SMILES string of the molecule is C=CCn1c(=O)c2cnc(Nc3ccc(N4CCN(C)CC4)cc3)nc2n1-c1ccc2cnn(CCC)c2n1. The maximum absolute atomic E-state index is 13.3. The largest absolute Gasteiger partial charge is 0.369 e. The molecular weight excluding hydrogens is 492 g/mol. The van der Waals surface area contributed by atoms with E-state index in [-0.39, 0.29) is 5.56 Å². The fourth-order valence-corrected chi connectivity index (χ4v) is 4.99. The van der Waals surface area contributed by atoms with E-state index >= 15 is 0 Å². The minimum absolute atomic E-state index is 0.197. The molecule has 4 aromatic heterocycles. The Labute approximate surface area is 226 Å². The molecule has 200 valence electrons. The lowest BCUT2D eigenvalue weighted by atomic mass is 10.2. The average Bonchev–Trinajstić information content (AvgIpc) is 3.47. The number of aromatic nitrogens is 7. The number of allylic oxidation sites excluding steroid dienone is 1. The Balaban J connectivity index is 1.36. The van der Waals surface area contributed by atoms with Crippen molar-refractivity contribution in [2.75, 3.05) is 43.4 Å². The van der Waals surface area contributed by atoms with Crippen LogP contribution >= 0.6 is 0 Å². The Bertz CT molecular complexity index is 1690. The van der Waals surface area contributed by atoms with Crippen molar-refractivity contribution in [3.05, 3.63) is 71.8 Å². The van der Waals surface area contributed by atoms with E-state index in [1.807, 2.05) is 35.1 Å². The lowest BCUT2D eigenvalue weighted by molar-refractivity contribution is 0.313. The smallest absolute Gasteiger partial charge is 0.278 e. The number of fused-ring (bicyclic) bond motifs is 2. The highest BCUT2D eigenvalue weighted by molar-refractivity contribution is 5.79. The minimum atomic E-state index is -0.197. The molecule has 5 heterocycles. The molecule has 0 amide bonds. The summed E-state index contributed by atoms with van der Waals surface area (Å²) in [6.07, 6.45) is 6.01. The van der Waals surface area contributed by atoms with Crippen molar-refractivity contribution in [2.24, 2.45) is 0 Å². The van der Waals surface area contributed by atoms with Crippen molar-refractivity contribution in [1.82, 2.24) is 39.0 Å². The molecule has 1 aromatic carbocycles. The number of nitrogens with one attached hydrogen (secondary N) is 1. The summed E-state index contributed by atoms with van der Waals surface area (Å²) in [5, 5.41) is 9.12. The molecule has 1 fully saturated rings. The normalized spacial score (nSPS) is 14.4. The van der Waals surface area contributed by atoms with Gasteiger partial charge in [-0.3, -0.25) is 4.79 Å². The third-order valence-electron chi connectivity index (χ3n) is 7.09. The average molecular weight is 525 g/mol. The molecule has 1 saturated heterocycles. The summed E-state index contributed by atoms with van der Waals surface area (Å²) in [7, 11) is 2.15. The van der Waals surface area contributed by atoms with E-state index in [0.29, 0.717) is 29.3 Å². The monoisotopic (exact) mass is 524 g/mol. The molecule has 1 aliphatic rings. The fraction of sp³-hybridized carbons (Fsp3) is 0.321. The van der Waals surface area contributed by atoms with E-state index in [0.717, 1.165) is 55.9 Å². The first-order valence-electron chi connectivity index (χ1n) is 13.3. The summed E-state index contributed by atoms with van der Waals surface area (Å²) in [6.45, 7) is 11.2. The summed E-state index contributed by atoms with van der Waals surface area (Å²) < 4.78 is 5.20. The highest BCUT2D eigenvalue weighted by Gasteiger charge is 2.19. The molecule has 11 heteroatoms. The number of benzene rings is 1. The van der Waals surface area contributed by atoms with Crippen molar-refractivity contribution in [3.63, 3.8) is 0 Å². The summed E-state index contributed by atoms with van der Waals surface area (Å²) in [5.74, 6) is 0.979. The Morgan fingerprint density at radius 1 is 1.00 bits per heavy atom. The number of anilines is 3. The number of nitrogens with zero attached hydrogens (tertiary/aromatic N) is 9. The first-order chi connectivity index (χ1) is 19.1. The van der Waals surface area contributed by atoms with Gasteiger partial charge in [-0.2, -0.15) is 10.1 Å². The zero-order valence-electron chi connectivity index (χ0n) is 22.3. The molecule has 0 unspecified atom stereocenters. The number of aryl methyl sites for hydroxylation is 1. The van der Waals surface area contributed by atoms with Crippen LogP contribution in [0.1, 0.15) is 13.3 Å². The van der Waals surface area contributed by atoms with E-state index in [1.54, 1.807) is 21.6 Å². The van der Waals surface area contributed by atoms with Gasteiger partial charge in [-0.1, -0.05) is 13.0 Å². The van der Waals surface area contributed by atoms with Gasteiger partial charge in [-0.15, -0.1) is 6.58 Å². The molecule has 0 spiro atoms. The summed E-state index contributed by atoms with van der Waals surface area (Å²) in [4.78, 5) is 32.1. The zero-order valence-corrected chi connectivity index (χ0v) is 22.3. The number of likely N-dealkylation sites (N-methyl/N-ethyl adjacent to an activating group) is 1. The van der Waals surface area contributed by atoms with Gasteiger partial charge in [0.05, 0.1) is 12.7 Å². The molecule has 0 bridgehead atoms. The van der Waals surface area contributed by atoms with Crippen molar-refractivity contribution >= 4 is 39.4 Å². The second-order valence-corrected chi connectivity index (χ2v) is 9.83. The Morgan fingerprint density at radius 2 is 1.79 bits per heavy atom. The number of piperazine rings is 1. The molecular formula is C28H32N10O. The van der Waals surface area contributed by atoms with E-state index in [9.17, 15) is 4.79 Å². The topological polar surface area (TPSA) is 102 Å². The standard InChI is InChI=1S/C28H32N10O/c1-4-12-36-25-20(18-30-36)6-11-24(32-25)38-26-23(27(39)37(38)13-5-2)19-29-28(33-26)31-21-7-9-22(10-8-21)35-16-14-34(3)15-17-35/h5-11,18-19H,2,4,12-17H2,1,3H3,(H,29,31,33). The first kappa shape index (κ1) is 24.8. The third-order valence-corrected chi connectivity index (χ3v) is 7.09. The molecule has 0 aliphatic carbocycles. The van der Waals surface area contributed by atoms with Crippen LogP contribution in [-0.4, -0.2) is 72.2 Å². The highest BCUT2D eigenvalue weighted by atomic mass is 16.1. The number of pyridine rings is 1. The van der Waals surface area contributed by atoms with Gasteiger partial charge in [-0.25, -0.2) is 24.0 Å². The van der Waals surface area contributed by atoms with E-state index in [4.69, 9.17) is 9.97 Å². The summed E-state index contributed by atoms with van der Waals surface area (Å²) in [5.41, 5.74) is 3.11. The maximum atomic E-state index is 13.3. The van der Waals surface area contributed by atoms with Gasteiger partial charge in [0.2, 0.25) is 5.95 Å². The molecule has 11 nitrogen and oxygen atoms in total. The van der Waals surface area contributed by atoms with Gasteiger partial charge < -0.3 is 15.1 Å². The highest BCUT2D eigenvalue weighted by Crippen LogP contribution is 2.23. The van der Waals surface area contributed by atoms with E-state index in [1.165, 1.54) is 5.69 Å². The number of rotatable bonds is 8. The maximum Gasteiger partial charge on any atom is 0.278 e. The predicted octanol–water partition coefficient (Wildman–Crippen LogP) is 3.42. The van der Waals surface area contributed by atoms with Gasteiger partial charge >= 0.3 is 0 Å². The predicted molar refractivity (Wildman–Crippen MR) is 154 cm³/mol. The molecule has 1 aliphatic heterocycles. The quantitative estimate of drug-likeness (QED) is 0.308. The third kappa shape index (κ3) is 4.65. The fourth-order valence-electron chi connectivity index (χ4n) is 4.99. The molecule has 6 rings (SSSR count). The zero-order chi connectivity index (χ0) is 26.9. The van der Waals surface area contributed by atoms with Crippen molar-refractivity contribution in [2.45, 2.75) is 26.4 Å². The second kappa shape index (κ2) is 10.3. The summed E-state index contributed by atoms with van der Waals surface area (Å²) >= 11 is 0. The lowest BCUT2D eigenvalue weighted by Crippen LogP contribution is -2.44. The van der Waals surface area contributed by atoms with Crippen LogP contribution in [0.2, 0.25) is 0 Å². The van der Waals surface area contributed by atoms with Gasteiger partial charge in [0, 0.05) is 55.7 Å².